The van der Waals surface area contributed by atoms with Crippen LogP contribution in [0.25, 0.3) is 0 Å². The molecule has 1 aliphatic rings. The molecule has 1 aliphatic carbocycles. The lowest BCUT2D eigenvalue weighted by atomic mass is 9.81. The Balaban J connectivity index is 1.67. The van der Waals surface area contributed by atoms with Crippen molar-refractivity contribution < 1.29 is 4.79 Å². The van der Waals surface area contributed by atoms with E-state index < -0.39 is 0 Å². The van der Waals surface area contributed by atoms with Gasteiger partial charge in [0.25, 0.3) is 0 Å². The van der Waals surface area contributed by atoms with Gasteiger partial charge in [-0.25, -0.2) is 0 Å². The topological polar surface area (TPSA) is 41.1 Å². The fourth-order valence-electron chi connectivity index (χ4n) is 3.55. The number of amides is 1. The van der Waals surface area contributed by atoms with Crippen LogP contribution in [0.3, 0.4) is 0 Å². The van der Waals surface area contributed by atoms with Crippen LogP contribution < -0.4 is 10.6 Å². The lowest BCUT2D eigenvalue weighted by Crippen LogP contribution is -2.20. The molecule has 2 N–H and O–H groups in total. The summed E-state index contributed by atoms with van der Waals surface area (Å²) in [5.41, 5.74) is 4.83. The molecule has 0 radical (unpaired) electrons. The van der Waals surface area contributed by atoms with Crippen molar-refractivity contribution >= 4 is 11.6 Å². The second-order valence-electron chi connectivity index (χ2n) is 6.48. The smallest absolute Gasteiger partial charge is 0.224 e. The highest BCUT2D eigenvalue weighted by atomic mass is 16.1. The van der Waals surface area contributed by atoms with Gasteiger partial charge in [0.15, 0.2) is 0 Å². The molecule has 2 aromatic carbocycles. The van der Waals surface area contributed by atoms with E-state index >= 15 is 0 Å². The lowest BCUT2D eigenvalue weighted by molar-refractivity contribution is -0.116. The molecule has 0 saturated heterocycles. The molecule has 1 atom stereocenters. The normalized spacial score (nSPS) is 16.5. The maximum atomic E-state index is 12.6. The van der Waals surface area contributed by atoms with E-state index in [-0.39, 0.29) is 5.91 Å². The van der Waals surface area contributed by atoms with Gasteiger partial charge in [0.05, 0.1) is 0 Å². The molecule has 126 valence electrons. The van der Waals surface area contributed by atoms with Gasteiger partial charge in [0, 0.05) is 18.7 Å². The van der Waals surface area contributed by atoms with Gasteiger partial charge in [-0.05, 0) is 54.5 Å². The number of fused-ring (bicyclic) bond motifs is 1. The first kappa shape index (κ1) is 16.7. The zero-order chi connectivity index (χ0) is 16.8. The minimum absolute atomic E-state index is 0.112. The van der Waals surface area contributed by atoms with Gasteiger partial charge in [0.2, 0.25) is 5.91 Å². The van der Waals surface area contributed by atoms with E-state index in [2.05, 4.69) is 47.9 Å². The fraction of sp³-hybridized carbons (Fsp3) is 0.381. The van der Waals surface area contributed by atoms with E-state index in [0.717, 1.165) is 37.2 Å². The molecule has 0 fully saturated rings. The molecule has 0 aliphatic heterocycles. The van der Waals surface area contributed by atoms with E-state index in [9.17, 15) is 4.79 Å². The molecule has 1 amide bonds. The Morgan fingerprint density at radius 3 is 2.79 bits per heavy atom. The van der Waals surface area contributed by atoms with Crippen molar-refractivity contribution in [2.75, 3.05) is 11.9 Å². The number of hydrogen-bond acceptors (Lipinski definition) is 2. The van der Waals surface area contributed by atoms with E-state index in [1.165, 1.54) is 17.5 Å². The average Bonchev–Trinajstić information content (AvgIpc) is 2.61. The number of carbonyl (C=O) groups is 1. The maximum absolute atomic E-state index is 12.6. The Labute approximate surface area is 144 Å². The third-order valence-electron chi connectivity index (χ3n) is 4.78. The van der Waals surface area contributed by atoms with Gasteiger partial charge in [-0.3, -0.25) is 4.79 Å². The van der Waals surface area contributed by atoms with Gasteiger partial charge in [0.1, 0.15) is 0 Å². The minimum atomic E-state index is 0.112. The quantitative estimate of drug-likeness (QED) is 0.835. The molecule has 0 bridgehead atoms. The number of benzene rings is 2. The molecule has 3 nitrogen and oxygen atoms in total. The summed E-state index contributed by atoms with van der Waals surface area (Å²) < 4.78 is 0. The Kier molecular flexibility index (Phi) is 5.65. The van der Waals surface area contributed by atoms with Crippen LogP contribution in [-0.4, -0.2) is 12.5 Å². The molecular formula is C21H26N2O. The highest BCUT2D eigenvalue weighted by molar-refractivity contribution is 5.92. The number of anilines is 1. The van der Waals surface area contributed by atoms with Crippen molar-refractivity contribution in [2.24, 2.45) is 0 Å². The Hall–Kier alpha value is -2.13. The molecular weight excluding hydrogens is 296 g/mol. The Bertz CT molecular complexity index is 696. The van der Waals surface area contributed by atoms with Crippen LogP contribution in [0.1, 0.15) is 48.8 Å². The van der Waals surface area contributed by atoms with E-state index in [4.69, 9.17) is 0 Å². The summed E-state index contributed by atoms with van der Waals surface area (Å²) in [5.74, 6) is 0.455. The van der Waals surface area contributed by atoms with Crippen LogP contribution in [0, 0.1) is 0 Å². The van der Waals surface area contributed by atoms with Crippen LogP contribution in [-0.2, 0) is 17.8 Å². The molecule has 0 spiro atoms. The Morgan fingerprint density at radius 1 is 1.12 bits per heavy atom. The summed E-state index contributed by atoms with van der Waals surface area (Å²) in [5, 5.41) is 6.44. The first-order chi connectivity index (χ1) is 11.8. The summed E-state index contributed by atoms with van der Waals surface area (Å²) in [6.07, 6.45) is 3.97. The summed E-state index contributed by atoms with van der Waals surface area (Å²) in [4.78, 5) is 12.6. The number of rotatable bonds is 6. The van der Waals surface area contributed by atoms with E-state index in [1.807, 2.05) is 18.2 Å². The number of para-hydroxylation sites is 1. The van der Waals surface area contributed by atoms with Crippen molar-refractivity contribution in [2.45, 2.75) is 45.1 Å². The predicted octanol–water partition coefficient (Wildman–Crippen LogP) is 4.24. The highest BCUT2D eigenvalue weighted by Gasteiger charge is 2.22. The highest BCUT2D eigenvalue weighted by Crippen LogP contribution is 2.34. The lowest BCUT2D eigenvalue weighted by Gasteiger charge is -2.25. The SMILES string of the molecule is CCNCc1ccccc1NC(=O)CC1CCCc2ccccc21. The molecule has 2 aromatic rings. The predicted molar refractivity (Wildman–Crippen MR) is 99.2 cm³/mol. The third kappa shape index (κ3) is 4.04. The molecule has 1 unspecified atom stereocenters. The van der Waals surface area contributed by atoms with Crippen molar-refractivity contribution in [1.82, 2.24) is 5.32 Å². The third-order valence-corrected chi connectivity index (χ3v) is 4.78. The van der Waals surface area contributed by atoms with Crippen LogP contribution >= 0.6 is 0 Å². The van der Waals surface area contributed by atoms with Gasteiger partial charge >= 0.3 is 0 Å². The summed E-state index contributed by atoms with van der Waals surface area (Å²) in [6, 6.07) is 16.6. The second kappa shape index (κ2) is 8.11. The second-order valence-corrected chi connectivity index (χ2v) is 6.48. The van der Waals surface area contributed by atoms with Crippen LogP contribution in [0.15, 0.2) is 48.5 Å². The maximum Gasteiger partial charge on any atom is 0.224 e. The number of carbonyl (C=O) groups excluding carboxylic acids is 1. The first-order valence-corrected chi connectivity index (χ1v) is 8.94. The zero-order valence-electron chi connectivity index (χ0n) is 14.3. The number of hydrogen-bond donors (Lipinski definition) is 2. The molecule has 3 rings (SSSR count). The molecule has 24 heavy (non-hydrogen) atoms. The summed E-state index contributed by atoms with van der Waals surface area (Å²) in [6.45, 7) is 3.78. The fourth-order valence-corrected chi connectivity index (χ4v) is 3.55. The zero-order valence-corrected chi connectivity index (χ0v) is 14.3. The van der Waals surface area contributed by atoms with Crippen molar-refractivity contribution in [1.29, 1.82) is 0 Å². The standard InChI is InChI=1S/C21H26N2O/c1-2-22-15-18-9-4-6-13-20(18)23-21(24)14-17-11-7-10-16-8-3-5-12-19(16)17/h3-6,8-9,12-13,17,22H,2,7,10-11,14-15H2,1H3,(H,23,24). The van der Waals surface area contributed by atoms with Gasteiger partial charge in [-0.15, -0.1) is 0 Å². The Morgan fingerprint density at radius 2 is 1.92 bits per heavy atom. The van der Waals surface area contributed by atoms with E-state index in [1.54, 1.807) is 0 Å². The number of aryl methyl sites for hydroxylation is 1. The monoisotopic (exact) mass is 322 g/mol. The minimum Gasteiger partial charge on any atom is -0.326 e. The van der Waals surface area contributed by atoms with Gasteiger partial charge in [-0.1, -0.05) is 49.4 Å². The van der Waals surface area contributed by atoms with Crippen LogP contribution in [0.4, 0.5) is 5.69 Å². The van der Waals surface area contributed by atoms with Gasteiger partial charge < -0.3 is 10.6 Å². The molecule has 0 saturated carbocycles. The van der Waals surface area contributed by atoms with Crippen molar-refractivity contribution in [3.63, 3.8) is 0 Å². The number of nitrogens with one attached hydrogen (secondary N) is 2. The molecule has 0 heterocycles. The van der Waals surface area contributed by atoms with E-state index in [0.29, 0.717) is 12.3 Å². The average molecular weight is 322 g/mol. The summed E-state index contributed by atoms with van der Waals surface area (Å²) in [7, 11) is 0. The van der Waals surface area contributed by atoms with Crippen LogP contribution in [0.5, 0.6) is 0 Å². The largest absolute Gasteiger partial charge is 0.326 e. The van der Waals surface area contributed by atoms with Crippen LogP contribution in [0.2, 0.25) is 0 Å². The first-order valence-electron chi connectivity index (χ1n) is 8.94. The molecule has 0 aromatic heterocycles. The molecule has 3 heteroatoms. The van der Waals surface area contributed by atoms with Crippen molar-refractivity contribution in [3.05, 3.63) is 65.2 Å². The van der Waals surface area contributed by atoms with Crippen molar-refractivity contribution in [3.8, 4) is 0 Å². The van der Waals surface area contributed by atoms with Gasteiger partial charge in [-0.2, -0.15) is 0 Å². The summed E-state index contributed by atoms with van der Waals surface area (Å²) >= 11 is 0.